The quantitative estimate of drug-likeness (QED) is 0.423. The maximum atomic E-state index is 12.4. The summed E-state index contributed by atoms with van der Waals surface area (Å²) in [6.45, 7) is 2.32. The summed E-state index contributed by atoms with van der Waals surface area (Å²) in [4.78, 5) is 32.5. The van der Waals surface area contributed by atoms with E-state index in [2.05, 4.69) is 37.1 Å². The molecule has 4 rings (SSSR count). The molecule has 1 aliphatic rings. The first-order valence-electron chi connectivity index (χ1n) is 10.8. The largest absolute Gasteiger partial charge is 0.481 e. The van der Waals surface area contributed by atoms with Crippen molar-refractivity contribution in [3.05, 3.63) is 54.6 Å². The number of amides is 1. The van der Waals surface area contributed by atoms with E-state index in [0.29, 0.717) is 35.9 Å². The monoisotopic (exact) mass is 445 g/mol. The lowest BCUT2D eigenvalue weighted by Gasteiger charge is -2.16. The van der Waals surface area contributed by atoms with E-state index in [1.165, 1.54) is 6.33 Å². The second-order valence-electron chi connectivity index (χ2n) is 7.99. The second kappa shape index (κ2) is 10.6. The summed E-state index contributed by atoms with van der Waals surface area (Å²) in [7, 11) is 3.94. The zero-order valence-electron chi connectivity index (χ0n) is 18.8. The molecule has 0 radical (unpaired) electrons. The van der Waals surface area contributed by atoms with Crippen molar-refractivity contribution in [2.45, 2.75) is 12.5 Å². The van der Waals surface area contributed by atoms with Crippen LogP contribution in [0, 0.1) is 11.8 Å². The number of rotatable bonds is 7. The normalized spacial score (nSPS) is 15.7. The van der Waals surface area contributed by atoms with Crippen molar-refractivity contribution in [3.63, 3.8) is 0 Å². The summed E-state index contributed by atoms with van der Waals surface area (Å²) in [5.74, 6) is 7.86. The number of hydrogen-bond donors (Lipinski definition) is 2. The molecule has 9 heteroatoms. The van der Waals surface area contributed by atoms with Gasteiger partial charge in [0.15, 0.2) is 22.8 Å². The molecule has 3 aromatic rings. The van der Waals surface area contributed by atoms with Gasteiger partial charge in [-0.3, -0.25) is 4.79 Å². The highest BCUT2D eigenvalue weighted by Crippen LogP contribution is 2.20. The molecular formula is C24H27N7O2. The standard InChI is InChI=1S/C24H27N7O2/c1-30(2)13-6-11-21(32)31-14-12-18(16-31)27-23-22-24(26-17-25-23)29-20(28-22)10-7-15-33-19-8-4-3-5-9-19/h3-6,8-9,11,17-18H,12-16H2,1-2H3,(H2,25,26,27,28,29)/b11-6+. The number of para-hydroxylation sites is 1. The molecule has 1 aromatic carbocycles. The molecule has 1 atom stereocenters. The minimum atomic E-state index is 0.0315. The number of H-pyrrole nitrogens is 1. The van der Waals surface area contributed by atoms with Gasteiger partial charge in [-0.15, -0.1) is 0 Å². The van der Waals surface area contributed by atoms with E-state index in [1.807, 2.05) is 60.3 Å². The maximum Gasteiger partial charge on any atom is 0.246 e. The molecule has 1 amide bonds. The Kier molecular flexibility index (Phi) is 7.17. The van der Waals surface area contributed by atoms with Gasteiger partial charge < -0.3 is 24.8 Å². The number of likely N-dealkylation sites (tertiary alicyclic amines) is 1. The van der Waals surface area contributed by atoms with Crippen molar-refractivity contribution in [2.75, 3.05) is 45.7 Å². The Morgan fingerprint density at radius 1 is 1.33 bits per heavy atom. The number of nitrogens with one attached hydrogen (secondary N) is 2. The summed E-state index contributed by atoms with van der Waals surface area (Å²) >= 11 is 0. The van der Waals surface area contributed by atoms with Crippen molar-refractivity contribution in [2.24, 2.45) is 0 Å². The molecule has 0 saturated carbocycles. The Balaban J connectivity index is 1.36. The number of ether oxygens (including phenoxy) is 1. The molecule has 0 spiro atoms. The van der Waals surface area contributed by atoms with E-state index in [0.717, 1.165) is 18.7 Å². The predicted octanol–water partition coefficient (Wildman–Crippen LogP) is 1.91. The van der Waals surface area contributed by atoms with Crippen LogP contribution in [-0.4, -0.2) is 82.0 Å². The molecule has 1 fully saturated rings. The van der Waals surface area contributed by atoms with Gasteiger partial charge in [0, 0.05) is 31.8 Å². The molecule has 9 nitrogen and oxygen atoms in total. The number of hydrogen-bond acceptors (Lipinski definition) is 7. The fourth-order valence-electron chi connectivity index (χ4n) is 3.49. The Hall–Kier alpha value is -3.90. The van der Waals surface area contributed by atoms with Crippen LogP contribution in [0.2, 0.25) is 0 Å². The van der Waals surface area contributed by atoms with Crippen LogP contribution in [0.25, 0.3) is 11.2 Å². The fraction of sp³-hybridized carbons (Fsp3) is 0.333. The van der Waals surface area contributed by atoms with Crippen molar-refractivity contribution in [1.29, 1.82) is 0 Å². The number of anilines is 1. The topological polar surface area (TPSA) is 99.3 Å². The third-order valence-corrected chi connectivity index (χ3v) is 5.12. The van der Waals surface area contributed by atoms with E-state index >= 15 is 0 Å². The molecule has 1 aliphatic heterocycles. The molecule has 2 aromatic heterocycles. The highest BCUT2D eigenvalue weighted by atomic mass is 16.5. The van der Waals surface area contributed by atoms with Crippen LogP contribution < -0.4 is 10.1 Å². The van der Waals surface area contributed by atoms with Gasteiger partial charge in [0.05, 0.1) is 0 Å². The van der Waals surface area contributed by atoms with Crippen LogP contribution in [0.5, 0.6) is 5.75 Å². The Morgan fingerprint density at radius 2 is 2.18 bits per heavy atom. The first-order valence-corrected chi connectivity index (χ1v) is 10.8. The first kappa shape index (κ1) is 22.3. The van der Waals surface area contributed by atoms with Crippen LogP contribution in [-0.2, 0) is 4.79 Å². The summed E-state index contributed by atoms with van der Waals surface area (Å²) in [6.07, 6.45) is 5.85. The molecule has 0 aliphatic carbocycles. The number of nitrogens with zero attached hydrogens (tertiary/aromatic N) is 5. The summed E-state index contributed by atoms with van der Waals surface area (Å²) < 4.78 is 5.58. The van der Waals surface area contributed by atoms with E-state index in [9.17, 15) is 4.79 Å². The molecule has 1 saturated heterocycles. The average Bonchev–Trinajstić information content (AvgIpc) is 3.45. The van der Waals surface area contributed by atoms with Crippen molar-refractivity contribution in [1.82, 2.24) is 29.7 Å². The summed E-state index contributed by atoms with van der Waals surface area (Å²) in [6, 6.07) is 9.62. The van der Waals surface area contributed by atoms with Crippen LogP contribution in [0.1, 0.15) is 12.2 Å². The van der Waals surface area contributed by atoms with Crippen molar-refractivity contribution < 1.29 is 9.53 Å². The number of imidazole rings is 1. The molecule has 170 valence electrons. The van der Waals surface area contributed by atoms with Crippen LogP contribution in [0.4, 0.5) is 5.82 Å². The number of fused-ring (bicyclic) bond motifs is 1. The number of aromatic nitrogens is 4. The molecule has 1 unspecified atom stereocenters. The highest BCUT2D eigenvalue weighted by Gasteiger charge is 2.26. The van der Waals surface area contributed by atoms with Gasteiger partial charge in [0.1, 0.15) is 18.7 Å². The average molecular weight is 446 g/mol. The Morgan fingerprint density at radius 3 is 3.00 bits per heavy atom. The zero-order chi connectivity index (χ0) is 23.0. The van der Waals surface area contributed by atoms with Crippen molar-refractivity contribution in [3.8, 4) is 17.6 Å². The van der Waals surface area contributed by atoms with Gasteiger partial charge in [-0.2, -0.15) is 0 Å². The number of likely N-dealkylation sites (N-methyl/N-ethyl adjacent to an activating group) is 1. The van der Waals surface area contributed by atoms with Crippen LogP contribution in [0.3, 0.4) is 0 Å². The van der Waals surface area contributed by atoms with Gasteiger partial charge in [-0.25, -0.2) is 15.0 Å². The SMILES string of the molecule is CN(C)C/C=C/C(=O)N1CCC(Nc2ncnc3[nH]c(C#CCOc4ccccc4)nc23)C1. The second-order valence-corrected chi connectivity index (χ2v) is 7.99. The van der Waals surface area contributed by atoms with E-state index < -0.39 is 0 Å². The lowest BCUT2D eigenvalue weighted by Crippen LogP contribution is -2.30. The number of aromatic amines is 1. The van der Waals surface area contributed by atoms with Crippen molar-refractivity contribution >= 4 is 22.9 Å². The minimum absolute atomic E-state index is 0.0315. The smallest absolute Gasteiger partial charge is 0.246 e. The lowest BCUT2D eigenvalue weighted by molar-refractivity contribution is -0.125. The van der Waals surface area contributed by atoms with Crippen LogP contribution >= 0.6 is 0 Å². The maximum absolute atomic E-state index is 12.4. The molecular weight excluding hydrogens is 418 g/mol. The third kappa shape index (κ3) is 6.08. The number of benzene rings is 1. The summed E-state index contributed by atoms with van der Waals surface area (Å²) in [5.41, 5.74) is 1.24. The summed E-state index contributed by atoms with van der Waals surface area (Å²) in [5, 5.41) is 3.41. The fourth-order valence-corrected chi connectivity index (χ4v) is 3.49. The molecule has 0 bridgehead atoms. The van der Waals surface area contributed by atoms with E-state index in [1.54, 1.807) is 6.08 Å². The number of carbonyl (C=O) groups is 1. The third-order valence-electron chi connectivity index (χ3n) is 5.12. The Bertz CT molecular complexity index is 1180. The minimum Gasteiger partial charge on any atom is -0.481 e. The molecule has 3 heterocycles. The first-order chi connectivity index (χ1) is 16.1. The molecule has 2 N–H and O–H groups in total. The molecule has 33 heavy (non-hydrogen) atoms. The predicted molar refractivity (Wildman–Crippen MR) is 127 cm³/mol. The van der Waals surface area contributed by atoms with Gasteiger partial charge in [-0.05, 0) is 38.6 Å². The van der Waals surface area contributed by atoms with Gasteiger partial charge in [0.2, 0.25) is 5.91 Å². The van der Waals surface area contributed by atoms with Gasteiger partial charge in [-0.1, -0.05) is 30.2 Å². The lowest BCUT2D eigenvalue weighted by atomic mass is 10.2. The highest BCUT2D eigenvalue weighted by molar-refractivity contribution is 5.88. The van der Waals surface area contributed by atoms with Gasteiger partial charge in [0.25, 0.3) is 0 Å². The van der Waals surface area contributed by atoms with E-state index in [4.69, 9.17) is 4.74 Å². The Labute approximate surface area is 192 Å². The van der Waals surface area contributed by atoms with Gasteiger partial charge >= 0.3 is 0 Å². The number of carbonyl (C=O) groups excluding carboxylic acids is 1. The zero-order valence-corrected chi connectivity index (χ0v) is 18.8. The van der Waals surface area contributed by atoms with Crippen LogP contribution in [0.15, 0.2) is 48.8 Å². The van der Waals surface area contributed by atoms with E-state index in [-0.39, 0.29) is 18.6 Å².